The Bertz CT molecular complexity index is 692. The average Bonchev–Trinajstić information content (AvgIpc) is 2.90. The molecule has 1 saturated carbocycles. The minimum atomic E-state index is -0.711. The van der Waals surface area contributed by atoms with Gasteiger partial charge in [0, 0.05) is 12.1 Å². The van der Waals surface area contributed by atoms with Crippen molar-refractivity contribution in [1.29, 1.82) is 0 Å². The van der Waals surface area contributed by atoms with Crippen LogP contribution in [0.2, 0.25) is 10.0 Å². The fourth-order valence-corrected chi connectivity index (χ4v) is 3.31. The van der Waals surface area contributed by atoms with Gasteiger partial charge in [0.25, 0.3) is 0 Å². The Kier molecular flexibility index (Phi) is 4.25. The van der Waals surface area contributed by atoms with Crippen molar-refractivity contribution in [2.75, 3.05) is 5.32 Å². The lowest BCUT2D eigenvalue weighted by atomic mass is 10.2. The van der Waals surface area contributed by atoms with Crippen molar-refractivity contribution >= 4 is 40.2 Å². The number of imidazole rings is 1. The van der Waals surface area contributed by atoms with Gasteiger partial charge in [-0.05, 0) is 38.8 Å². The number of anilines is 1. The molecule has 0 aliphatic heterocycles. The summed E-state index contributed by atoms with van der Waals surface area (Å²) in [5.74, 6) is 0.703. The number of halogens is 2. The fraction of sp³-hybridized carbons (Fsp3) is 0.533. The van der Waals surface area contributed by atoms with Crippen molar-refractivity contribution < 1.29 is 10.2 Å². The van der Waals surface area contributed by atoms with Crippen LogP contribution in [0.4, 0.5) is 5.95 Å². The van der Waals surface area contributed by atoms with E-state index in [2.05, 4.69) is 10.3 Å². The molecule has 0 radical (unpaired) electrons. The predicted octanol–water partition coefficient (Wildman–Crippen LogP) is 3.22. The predicted molar refractivity (Wildman–Crippen MR) is 88.8 cm³/mol. The molecule has 1 fully saturated rings. The van der Waals surface area contributed by atoms with E-state index in [0.29, 0.717) is 28.8 Å². The monoisotopic (exact) mass is 343 g/mol. The first kappa shape index (κ1) is 15.9. The van der Waals surface area contributed by atoms with Crippen molar-refractivity contribution in [2.24, 2.45) is 0 Å². The highest BCUT2D eigenvalue weighted by Crippen LogP contribution is 2.38. The quantitative estimate of drug-likeness (QED) is 0.800. The molecule has 1 aliphatic carbocycles. The number of nitrogens with zero attached hydrogens (tertiary/aromatic N) is 2. The van der Waals surface area contributed by atoms with Crippen LogP contribution in [0.15, 0.2) is 12.1 Å². The zero-order chi connectivity index (χ0) is 16.0. The van der Waals surface area contributed by atoms with E-state index in [1.165, 1.54) is 0 Å². The summed E-state index contributed by atoms with van der Waals surface area (Å²) in [6.45, 7) is 4.06. The lowest BCUT2D eigenvalue weighted by molar-refractivity contribution is 0.0438. The maximum Gasteiger partial charge on any atom is 0.204 e. The standard InChI is InChI=1S/C15H19Cl2N3O2/c1-7(2)18-15-19-11-5-9(16)10(17)6-12(11)20(15)8-3-13(21)14(22)4-8/h5-8,13-14,21-22H,3-4H2,1-2H3,(H,18,19)/t8-,13-,14+. The van der Waals surface area contributed by atoms with Gasteiger partial charge >= 0.3 is 0 Å². The molecule has 0 bridgehead atoms. The van der Waals surface area contributed by atoms with Crippen molar-refractivity contribution in [3.8, 4) is 0 Å². The first-order valence-electron chi connectivity index (χ1n) is 7.36. The lowest BCUT2D eigenvalue weighted by Gasteiger charge is -2.18. The Balaban J connectivity index is 2.14. The molecule has 3 rings (SSSR count). The molecule has 0 amide bonds. The molecule has 0 unspecified atom stereocenters. The Hall–Kier alpha value is -1.01. The Labute approximate surface area is 138 Å². The van der Waals surface area contributed by atoms with Gasteiger partial charge in [-0.25, -0.2) is 4.98 Å². The van der Waals surface area contributed by atoms with Crippen LogP contribution in [0.3, 0.4) is 0 Å². The van der Waals surface area contributed by atoms with E-state index in [9.17, 15) is 10.2 Å². The number of aliphatic hydroxyl groups is 2. The SMILES string of the molecule is CC(C)Nc1nc2cc(Cl)c(Cl)cc2n1[C@@H]1C[C@@H](O)[C@@H](O)C1. The largest absolute Gasteiger partial charge is 0.390 e. The summed E-state index contributed by atoms with van der Waals surface area (Å²) in [5, 5.41) is 24.0. The van der Waals surface area contributed by atoms with E-state index in [0.717, 1.165) is 11.0 Å². The third-order valence-electron chi connectivity index (χ3n) is 3.99. The molecule has 3 N–H and O–H groups in total. The van der Waals surface area contributed by atoms with E-state index < -0.39 is 12.2 Å². The van der Waals surface area contributed by atoms with Gasteiger partial charge in [-0.15, -0.1) is 0 Å². The second-order valence-electron chi connectivity index (χ2n) is 6.12. The smallest absolute Gasteiger partial charge is 0.204 e. The third kappa shape index (κ3) is 2.78. The molecule has 7 heteroatoms. The summed E-state index contributed by atoms with van der Waals surface area (Å²) < 4.78 is 2.01. The molecule has 1 aliphatic rings. The van der Waals surface area contributed by atoms with E-state index >= 15 is 0 Å². The number of nitrogens with one attached hydrogen (secondary N) is 1. The number of aromatic nitrogens is 2. The first-order chi connectivity index (χ1) is 10.4. The van der Waals surface area contributed by atoms with Crippen LogP contribution < -0.4 is 5.32 Å². The molecule has 0 saturated heterocycles. The minimum Gasteiger partial charge on any atom is -0.390 e. The van der Waals surface area contributed by atoms with Crippen molar-refractivity contribution in [3.05, 3.63) is 22.2 Å². The second-order valence-corrected chi connectivity index (χ2v) is 6.93. The summed E-state index contributed by atoms with van der Waals surface area (Å²) in [6.07, 6.45) is -0.450. The van der Waals surface area contributed by atoms with Crippen LogP contribution in [-0.2, 0) is 0 Å². The molecule has 1 heterocycles. The van der Waals surface area contributed by atoms with Gasteiger partial charge in [0.1, 0.15) is 0 Å². The number of fused-ring (bicyclic) bond motifs is 1. The Morgan fingerprint density at radius 1 is 1.18 bits per heavy atom. The zero-order valence-electron chi connectivity index (χ0n) is 12.4. The first-order valence-corrected chi connectivity index (χ1v) is 8.12. The molecule has 3 atom stereocenters. The molecule has 0 spiro atoms. The third-order valence-corrected chi connectivity index (χ3v) is 4.71. The molecule has 2 aromatic rings. The van der Waals surface area contributed by atoms with Crippen molar-refractivity contribution in [3.63, 3.8) is 0 Å². The second kappa shape index (κ2) is 5.89. The van der Waals surface area contributed by atoms with Crippen LogP contribution in [0.5, 0.6) is 0 Å². The number of hydrogen-bond donors (Lipinski definition) is 3. The number of hydrogen-bond acceptors (Lipinski definition) is 4. The normalized spacial score (nSPS) is 25.3. The van der Waals surface area contributed by atoms with E-state index in [1.807, 2.05) is 18.4 Å². The van der Waals surface area contributed by atoms with Gasteiger partial charge < -0.3 is 20.1 Å². The van der Waals surface area contributed by atoms with E-state index in [-0.39, 0.29) is 12.1 Å². The minimum absolute atomic E-state index is 0.0338. The molecule has 5 nitrogen and oxygen atoms in total. The molecule has 1 aromatic heterocycles. The van der Waals surface area contributed by atoms with Crippen LogP contribution in [0, 0.1) is 0 Å². The number of benzene rings is 1. The van der Waals surface area contributed by atoms with Crippen LogP contribution in [0.1, 0.15) is 32.7 Å². The van der Waals surface area contributed by atoms with Crippen LogP contribution >= 0.6 is 23.2 Å². The summed E-state index contributed by atoms with van der Waals surface area (Å²) in [4.78, 5) is 4.59. The fourth-order valence-electron chi connectivity index (χ4n) is 3.00. The highest BCUT2D eigenvalue weighted by Gasteiger charge is 2.34. The van der Waals surface area contributed by atoms with Gasteiger partial charge in [0.05, 0.1) is 33.3 Å². The number of aliphatic hydroxyl groups excluding tert-OH is 2. The maximum absolute atomic E-state index is 9.86. The molecular formula is C15H19Cl2N3O2. The Morgan fingerprint density at radius 2 is 1.77 bits per heavy atom. The lowest BCUT2D eigenvalue weighted by Crippen LogP contribution is -2.17. The molecule has 22 heavy (non-hydrogen) atoms. The number of rotatable bonds is 3. The van der Waals surface area contributed by atoms with Gasteiger partial charge in [0.15, 0.2) is 0 Å². The summed E-state index contributed by atoms with van der Waals surface area (Å²) in [5.41, 5.74) is 1.59. The molecular weight excluding hydrogens is 325 g/mol. The van der Waals surface area contributed by atoms with Crippen LogP contribution in [0.25, 0.3) is 11.0 Å². The summed E-state index contributed by atoms with van der Waals surface area (Å²) in [6, 6.07) is 3.70. The van der Waals surface area contributed by atoms with Gasteiger partial charge in [-0.3, -0.25) is 0 Å². The molecule has 1 aromatic carbocycles. The van der Waals surface area contributed by atoms with E-state index in [1.54, 1.807) is 12.1 Å². The summed E-state index contributed by atoms with van der Waals surface area (Å²) in [7, 11) is 0. The highest BCUT2D eigenvalue weighted by molar-refractivity contribution is 6.42. The zero-order valence-corrected chi connectivity index (χ0v) is 13.9. The van der Waals surface area contributed by atoms with Crippen LogP contribution in [-0.4, -0.2) is 38.0 Å². The van der Waals surface area contributed by atoms with Gasteiger partial charge in [0.2, 0.25) is 5.95 Å². The Morgan fingerprint density at radius 3 is 2.36 bits per heavy atom. The maximum atomic E-state index is 9.86. The van der Waals surface area contributed by atoms with Gasteiger partial charge in [-0.2, -0.15) is 0 Å². The molecule has 120 valence electrons. The topological polar surface area (TPSA) is 70.3 Å². The summed E-state index contributed by atoms with van der Waals surface area (Å²) >= 11 is 12.2. The van der Waals surface area contributed by atoms with Crippen molar-refractivity contribution in [2.45, 2.75) is 51.0 Å². The van der Waals surface area contributed by atoms with Gasteiger partial charge in [-0.1, -0.05) is 23.2 Å². The van der Waals surface area contributed by atoms with E-state index in [4.69, 9.17) is 23.2 Å². The van der Waals surface area contributed by atoms with Crippen molar-refractivity contribution in [1.82, 2.24) is 9.55 Å². The highest BCUT2D eigenvalue weighted by atomic mass is 35.5. The average molecular weight is 344 g/mol.